The molecule has 1 N–H and O–H groups in total. The fraction of sp³-hybridized carbons (Fsp3) is 0.222. The van der Waals surface area contributed by atoms with E-state index in [0.717, 1.165) is 22.4 Å². The van der Waals surface area contributed by atoms with Crippen molar-refractivity contribution in [3.05, 3.63) is 58.5 Å². The van der Waals surface area contributed by atoms with Gasteiger partial charge >= 0.3 is 11.7 Å². The number of carbonyl (C=O) groups is 1. The normalized spacial score (nSPS) is 10.8. The predicted molar refractivity (Wildman–Crippen MR) is 93.8 cm³/mol. The van der Waals surface area contributed by atoms with Crippen molar-refractivity contribution in [2.24, 2.45) is 14.1 Å². The molecule has 0 aliphatic heterocycles. The van der Waals surface area contributed by atoms with Crippen molar-refractivity contribution in [3.8, 4) is 0 Å². The zero-order valence-electron chi connectivity index (χ0n) is 13.9. The van der Waals surface area contributed by atoms with Crippen molar-refractivity contribution < 1.29 is 9.53 Å². The summed E-state index contributed by atoms with van der Waals surface area (Å²) in [6.45, 7) is 2.13. The summed E-state index contributed by atoms with van der Waals surface area (Å²) in [6, 6.07) is 12.8. The van der Waals surface area contributed by atoms with Crippen LogP contribution in [0.1, 0.15) is 17.3 Å². The zero-order chi connectivity index (χ0) is 17.3. The number of rotatable bonds is 4. The van der Waals surface area contributed by atoms with Gasteiger partial charge in [-0.2, -0.15) is 0 Å². The standard InChI is InChI=1S/C18H19N3O3/c1-4-24-17(22)12-5-7-13(8-6-12)19-14-9-10-15-16(11-14)21(3)18(23)20(15)2/h5-11,19H,4H2,1-3H3. The van der Waals surface area contributed by atoms with Crippen molar-refractivity contribution in [1.82, 2.24) is 9.13 Å². The minimum absolute atomic E-state index is 0.0547. The Kier molecular flexibility index (Phi) is 4.12. The summed E-state index contributed by atoms with van der Waals surface area (Å²) in [5.41, 5.74) is 3.92. The maximum atomic E-state index is 12.0. The number of hydrogen-bond acceptors (Lipinski definition) is 4. The van der Waals surface area contributed by atoms with Gasteiger partial charge in [0.25, 0.3) is 0 Å². The van der Waals surface area contributed by atoms with Gasteiger partial charge in [0.05, 0.1) is 23.2 Å². The van der Waals surface area contributed by atoms with Crippen LogP contribution in [-0.4, -0.2) is 21.7 Å². The van der Waals surface area contributed by atoms with E-state index in [4.69, 9.17) is 4.74 Å². The van der Waals surface area contributed by atoms with Gasteiger partial charge in [0.2, 0.25) is 0 Å². The topological polar surface area (TPSA) is 65.3 Å². The van der Waals surface area contributed by atoms with E-state index in [-0.39, 0.29) is 11.7 Å². The Morgan fingerprint density at radius 2 is 1.62 bits per heavy atom. The van der Waals surface area contributed by atoms with Crippen LogP contribution in [-0.2, 0) is 18.8 Å². The molecule has 1 aromatic heterocycles. The first-order valence-corrected chi connectivity index (χ1v) is 7.71. The van der Waals surface area contributed by atoms with Crippen LogP contribution in [0.3, 0.4) is 0 Å². The lowest BCUT2D eigenvalue weighted by Crippen LogP contribution is -2.19. The number of nitrogens with one attached hydrogen (secondary N) is 1. The molecule has 0 fully saturated rings. The van der Waals surface area contributed by atoms with Gasteiger partial charge in [-0.25, -0.2) is 9.59 Å². The third-order valence-electron chi connectivity index (χ3n) is 3.96. The molecule has 0 radical (unpaired) electrons. The van der Waals surface area contributed by atoms with E-state index in [2.05, 4.69) is 5.32 Å². The van der Waals surface area contributed by atoms with E-state index in [0.29, 0.717) is 12.2 Å². The first-order chi connectivity index (χ1) is 11.5. The number of anilines is 2. The van der Waals surface area contributed by atoms with Gasteiger partial charge in [-0.1, -0.05) is 0 Å². The van der Waals surface area contributed by atoms with Crippen LogP contribution in [0.15, 0.2) is 47.3 Å². The highest BCUT2D eigenvalue weighted by atomic mass is 16.5. The van der Waals surface area contributed by atoms with E-state index in [9.17, 15) is 9.59 Å². The average molecular weight is 325 g/mol. The summed E-state index contributed by atoms with van der Waals surface area (Å²) in [5, 5.41) is 3.27. The number of benzene rings is 2. The number of imidazole rings is 1. The van der Waals surface area contributed by atoms with E-state index in [1.807, 2.05) is 30.3 Å². The molecule has 0 spiro atoms. The lowest BCUT2D eigenvalue weighted by atomic mass is 10.2. The van der Waals surface area contributed by atoms with Crippen molar-refractivity contribution in [2.45, 2.75) is 6.92 Å². The average Bonchev–Trinajstić information content (AvgIpc) is 2.80. The van der Waals surface area contributed by atoms with Crippen molar-refractivity contribution in [3.63, 3.8) is 0 Å². The van der Waals surface area contributed by atoms with E-state index < -0.39 is 0 Å². The van der Waals surface area contributed by atoms with E-state index >= 15 is 0 Å². The molecule has 0 aliphatic rings. The van der Waals surface area contributed by atoms with Gasteiger partial charge in [0, 0.05) is 25.5 Å². The smallest absolute Gasteiger partial charge is 0.338 e. The fourth-order valence-corrected chi connectivity index (χ4v) is 2.66. The molecule has 2 aromatic carbocycles. The predicted octanol–water partition coefficient (Wildman–Crippen LogP) is 2.80. The second-order valence-electron chi connectivity index (χ2n) is 5.53. The molecule has 6 heteroatoms. The summed E-state index contributed by atoms with van der Waals surface area (Å²) in [4.78, 5) is 23.6. The van der Waals surface area contributed by atoms with E-state index in [1.54, 1.807) is 42.3 Å². The van der Waals surface area contributed by atoms with Gasteiger partial charge in [0.15, 0.2) is 0 Å². The molecule has 0 atom stereocenters. The second-order valence-corrected chi connectivity index (χ2v) is 5.53. The van der Waals surface area contributed by atoms with Crippen LogP contribution in [0, 0.1) is 0 Å². The first-order valence-electron chi connectivity index (χ1n) is 7.71. The maximum absolute atomic E-state index is 12.0. The maximum Gasteiger partial charge on any atom is 0.338 e. The Bertz CT molecular complexity index is 952. The number of carbonyl (C=O) groups excluding carboxylic acids is 1. The Morgan fingerprint density at radius 3 is 2.29 bits per heavy atom. The Labute approximate surface area is 139 Å². The monoisotopic (exact) mass is 325 g/mol. The zero-order valence-corrected chi connectivity index (χ0v) is 13.9. The molecule has 6 nitrogen and oxygen atoms in total. The molecule has 0 amide bonds. The molecule has 3 aromatic rings. The number of ether oxygens (including phenoxy) is 1. The largest absolute Gasteiger partial charge is 0.462 e. The first kappa shape index (κ1) is 15.9. The molecule has 124 valence electrons. The van der Waals surface area contributed by atoms with Crippen LogP contribution in [0.4, 0.5) is 11.4 Å². The Balaban J connectivity index is 1.86. The van der Waals surface area contributed by atoms with Crippen molar-refractivity contribution in [2.75, 3.05) is 11.9 Å². The highest BCUT2D eigenvalue weighted by molar-refractivity contribution is 5.90. The van der Waals surface area contributed by atoms with Crippen LogP contribution < -0.4 is 11.0 Å². The summed E-state index contributed by atoms with van der Waals surface area (Å²) >= 11 is 0. The lowest BCUT2D eigenvalue weighted by molar-refractivity contribution is 0.0526. The number of aromatic nitrogens is 2. The highest BCUT2D eigenvalue weighted by Gasteiger charge is 2.09. The summed E-state index contributed by atoms with van der Waals surface area (Å²) in [6.07, 6.45) is 0. The second kappa shape index (κ2) is 6.23. The molecule has 0 aliphatic carbocycles. The van der Waals surface area contributed by atoms with E-state index in [1.165, 1.54) is 0 Å². The molecule has 1 heterocycles. The summed E-state index contributed by atoms with van der Waals surface area (Å²) in [5.74, 6) is -0.329. The molecule has 24 heavy (non-hydrogen) atoms. The quantitative estimate of drug-likeness (QED) is 0.749. The van der Waals surface area contributed by atoms with Crippen LogP contribution >= 0.6 is 0 Å². The third kappa shape index (κ3) is 2.78. The Morgan fingerprint density at radius 1 is 1.00 bits per heavy atom. The molecule has 0 saturated carbocycles. The molecule has 0 bridgehead atoms. The van der Waals surface area contributed by atoms with Gasteiger partial charge in [-0.15, -0.1) is 0 Å². The fourth-order valence-electron chi connectivity index (χ4n) is 2.66. The van der Waals surface area contributed by atoms with Crippen molar-refractivity contribution in [1.29, 1.82) is 0 Å². The highest BCUT2D eigenvalue weighted by Crippen LogP contribution is 2.22. The number of nitrogens with zero attached hydrogens (tertiary/aromatic N) is 2. The van der Waals surface area contributed by atoms with Gasteiger partial charge < -0.3 is 10.1 Å². The number of esters is 1. The van der Waals surface area contributed by atoms with Gasteiger partial charge in [0.1, 0.15) is 0 Å². The lowest BCUT2D eigenvalue weighted by Gasteiger charge is -2.08. The third-order valence-corrected chi connectivity index (χ3v) is 3.96. The van der Waals surface area contributed by atoms with Crippen LogP contribution in [0.25, 0.3) is 11.0 Å². The molecular weight excluding hydrogens is 306 g/mol. The number of hydrogen-bond donors (Lipinski definition) is 1. The summed E-state index contributed by atoms with van der Waals surface area (Å²) in [7, 11) is 3.51. The molecule has 0 saturated heterocycles. The summed E-state index contributed by atoms with van der Waals surface area (Å²) < 4.78 is 8.20. The van der Waals surface area contributed by atoms with Gasteiger partial charge in [-0.05, 0) is 49.4 Å². The number of fused-ring (bicyclic) bond motifs is 1. The SMILES string of the molecule is CCOC(=O)c1ccc(Nc2ccc3c(c2)n(C)c(=O)n3C)cc1. The molecule has 0 unspecified atom stereocenters. The minimum atomic E-state index is -0.329. The van der Waals surface area contributed by atoms with Crippen LogP contribution in [0.2, 0.25) is 0 Å². The van der Waals surface area contributed by atoms with Crippen molar-refractivity contribution >= 4 is 28.4 Å². The molecule has 3 rings (SSSR count). The molecular formula is C18H19N3O3. The number of aryl methyl sites for hydroxylation is 2. The van der Waals surface area contributed by atoms with Crippen LogP contribution in [0.5, 0.6) is 0 Å². The minimum Gasteiger partial charge on any atom is -0.462 e. The Hall–Kier alpha value is -3.02. The van der Waals surface area contributed by atoms with Gasteiger partial charge in [-0.3, -0.25) is 9.13 Å².